The van der Waals surface area contributed by atoms with Gasteiger partial charge in [-0.2, -0.15) is 0 Å². The van der Waals surface area contributed by atoms with Crippen molar-refractivity contribution in [3.63, 3.8) is 0 Å². The molecule has 0 aromatic heterocycles. The average molecular weight is 376 g/mol. The molecule has 1 heterocycles. The molecule has 0 amide bonds. The van der Waals surface area contributed by atoms with E-state index in [0.29, 0.717) is 24.5 Å². The van der Waals surface area contributed by atoms with Gasteiger partial charge < -0.3 is 19.6 Å². The molecule has 1 saturated carbocycles. The third-order valence-corrected chi connectivity index (χ3v) is 6.58. The highest BCUT2D eigenvalue weighted by atomic mass is 16.5. The minimum Gasteiger partial charge on any atom is -0.385 e. The smallest absolute Gasteiger partial charge is 0.126 e. The highest BCUT2D eigenvalue weighted by molar-refractivity contribution is 5.45. The summed E-state index contributed by atoms with van der Waals surface area (Å²) in [5, 5.41) is 10.5. The number of piperazine rings is 1. The molecular formula is C23H39N2O2+. The summed E-state index contributed by atoms with van der Waals surface area (Å²) >= 11 is 0. The van der Waals surface area contributed by atoms with E-state index in [2.05, 4.69) is 56.0 Å². The van der Waals surface area contributed by atoms with E-state index in [9.17, 15) is 5.11 Å². The first-order valence-corrected chi connectivity index (χ1v) is 11.0. The topological polar surface area (TPSA) is 37.1 Å². The predicted octanol–water partition coefficient (Wildman–Crippen LogP) is 2.23. The van der Waals surface area contributed by atoms with Crippen LogP contribution in [0.25, 0.3) is 0 Å². The number of para-hydroxylation sites is 1. The van der Waals surface area contributed by atoms with Gasteiger partial charge in [0.25, 0.3) is 0 Å². The lowest BCUT2D eigenvalue weighted by atomic mass is 9.75. The van der Waals surface area contributed by atoms with Gasteiger partial charge in [-0.3, -0.25) is 0 Å². The zero-order valence-corrected chi connectivity index (χ0v) is 17.4. The maximum Gasteiger partial charge on any atom is 0.126 e. The molecule has 0 bridgehead atoms. The van der Waals surface area contributed by atoms with Crippen LogP contribution < -0.4 is 9.80 Å². The number of quaternary nitrogens is 1. The monoisotopic (exact) mass is 375 g/mol. The molecule has 152 valence electrons. The van der Waals surface area contributed by atoms with Crippen LogP contribution in [-0.4, -0.2) is 56.6 Å². The Balaban J connectivity index is 1.40. The zero-order valence-electron chi connectivity index (χ0n) is 17.4. The Bertz CT molecular complexity index is 543. The molecule has 1 saturated heterocycles. The number of ether oxygens (including phenoxy) is 1. The molecule has 4 nitrogen and oxygen atoms in total. The van der Waals surface area contributed by atoms with E-state index in [1.165, 1.54) is 23.4 Å². The summed E-state index contributed by atoms with van der Waals surface area (Å²) in [5.41, 5.74) is 1.31. The van der Waals surface area contributed by atoms with Crippen LogP contribution in [0.5, 0.6) is 0 Å². The summed E-state index contributed by atoms with van der Waals surface area (Å²) in [6, 6.07) is 10.6. The fourth-order valence-corrected chi connectivity index (χ4v) is 4.86. The highest BCUT2D eigenvalue weighted by Gasteiger charge is 2.32. The molecule has 2 N–H and O–H groups in total. The lowest BCUT2D eigenvalue weighted by Gasteiger charge is -2.38. The minimum atomic E-state index is -0.353. The molecule has 4 heteroatoms. The summed E-state index contributed by atoms with van der Waals surface area (Å²) in [7, 11) is 0. The van der Waals surface area contributed by atoms with Crippen LogP contribution in [0.2, 0.25) is 0 Å². The number of hydrogen-bond acceptors (Lipinski definition) is 3. The van der Waals surface area contributed by atoms with Crippen LogP contribution in [0.3, 0.4) is 0 Å². The molecule has 3 rings (SSSR count). The van der Waals surface area contributed by atoms with Gasteiger partial charge in [0, 0.05) is 5.69 Å². The minimum absolute atomic E-state index is 0.327. The van der Waals surface area contributed by atoms with Gasteiger partial charge in [0.2, 0.25) is 0 Å². The molecule has 4 atom stereocenters. The summed E-state index contributed by atoms with van der Waals surface area (Å²) in [6.45, 7) is 12.5. The standard InChI is InChI=1S/C23H38N2O2/c1-18(2)22-10-9-19(3)15-23(22)27-17-21(26)16-24-11-13-25(14-12-24)20-7-5-4-6-8-20/h4-8,18-19,21-23,26H,9-17H2,1-3H3/p+1/t19-,21+,22-,23+/m0/s1. The Labute approximate surface area is 165 Å². The average Bonchev–Trinajstić information content (AvgIpc) is 2.67. The second kappa shape index (κ2) is 9.90. The highest BCUT2D eigenvalue weighted by Crippen LogP contribution is 2.35. The molecule has 1 aliphatic carbocycles. The number of benzene rings is 1. The third kappa shape index (κ3) is 5.94. The van der Waals surface area contributed by atoms with Gasteiger partial charge in [-0.05, 0) is 42.7 Å². The first-order chi connectivity index (χ1) is 13.0. The van der Waals surface area contributed by atoms with Crippen molar-refractivity contribution in [2.24, 2.45) is 17.8 Å². The van der Waals surface area contributed by atoms with Crippen LogP contribution >= 0.6 is 0 Å². The van der Waals surface area contributed by atoms with Gasteiger partial charge in [0.15, 0.2) is 0 Å². The van der Waals surface area contributed by atoms with Crippen LogP contribution in [-0.2, 0) is 4.74 Å². The maximum absolute atomic E-state index is 10.5. The van der Waals surface area contributed by atoms with Crippen LogP contribution in [0.1, 0.15) is 40.0 Å². The van der Waals surface area contributed by atoms with Gasteiger partial charge >= 0.3 is 0 Å². The summed E-state index contributed by atoms with van der Waals surface area (Å²) in [5.74, 6) is 2.06. The molecule has 1 aromatic rings. The van der Waals surface area contributed by atoms with Gasteiger partial charge in [0.05, 0.1) is 38.9 Å². The number of rotatable bonds is 7. The normalized spacial score (nSPS) is 28.5. The molecule has 0 unspecified atom stereocenters. The predicted molar refractivity (Wildman–Crippen MR) is 111 cm³/mol. The van der Waals surface area contributed by atoms with Gasteiger partial charge in [-0.15, -0.1) is 0 Å². The Hall–Kier alpha value is -1.10. The van der Waals surface area contributed by atoms with Gasteiger partial charge in [-0.25, -0.2) is 0 Å². The van der Waals surface area contributed by atoms with Crippen molar-refractivity contribution in [1.82, 2.24) is 0 Å². The molecule has 27 heavy (non-hydrogen) atoms. The molecular weight excluding hydrogens is 336 g/mol. The van der Waals surface area contributed by atoms with Crippen molar-refractivity contribution in [2.75, 3.05) is 44.2 Å². The number of aliphatic hydroxyl groups excluding tert-OH is 1. The first kappa shape index (κ1) is 20.6. The molecule has 1 aromatic carbocycles. The van der Waals surface area contributed by atoms with Crippen molar-refractivity contribution in [2.45, 2.75) is 52.2 Å². The van der Waals surface area contributed by atoms with E-state index in [4.69, 9.17) is 4.74 Å². The second-order valence-corrected chi connectivity index (χ2v) is 9.13. The Morgan fingerprint density at radius 2 is 1.85 bits per heavy atom. The zero-order chi connectivity index (χ0) is 19.2. The van der Waals surface area contributed by atoms with E-state index >= 15 is 0 Å². The number of aliphatic hydroxyl groups is 1. The second-order valence-electron chi connectivity index (χ2n) is 9.13. The molecule has 2 aliphatic rings. The number of nitrogens with zero attached hydrogens (tertiary/aromatic N) is 1. The largest absolute Gasteiger partial charge is 0.385 e. The van der Waals surface area contributed by atoms with Crippen molar-refractivity contribution in [3.8, 4) is 0 Å². The molecule has 0 radical (unpaired) electrons. The van der Waals surface area contributed by atoms with E-state index in [-0.39, 0.29) is 6.10 Å². The van der Waals surface area contributed by atoms with Crippen molar-refractivity contribution >= 4 is 5.69 Å². The number of nitrogens with one attached hydrogen (secondary N) is 1. The lowest BCUT2D eigenvalue weighted by molar-refractivity contribution is -0.903. The van der Waals surface area contributed by atoms with Crippen molar-refractivity contribution < 1.29 is 14.7 Å². The maximum atomic E-state index is 10.5. The first-order valence-electron chi connectivity index (χ1n) is 11.0. The van der Waals surface area contributed by atoms with Crippen molar-refractivity contribution in [1.29, 1.82) is 0 Å². The van der Waals surface area contributed by atoms with Crippen LogP contribution in [0, 0.1) is 17.8 Å². The van der Waals surface area contributed by atoms with E-state index in [1.807, 2.05) is 0 Å². The molecule has 2 fully saturated rings. The third-order valence-electron chi connectivity index (χ3n) is 6.58. The van der Waals surface area contributed by atoms with E-state index < -0.39 is 0 Å². The molecule has 0 spiro atoms. The fraction of sp³-hybridized carbons (Fsp3) is 0.739. The Morgan fingerprint density at radius 1 is 1.15 bits per heavy atom. The summed E-state index contributed by atoms with van der Waals surface area (Å²) in [6.07, 6.45) is 3.72. The lowest BCUT2D eigenvalue weighted by Crippen LogP contribution is -3.16. The number of hydrogen-bond donors (Lipinski definition) is 2. The van der Waals surface area contributed by atoms with Gasteiger partial charge in [-0.1, -0.05) is 45.4 Å². The summed E-state index contributed by atoms with van der Waals surface area (Å²) < 4.78 is 6.25. The SMILES string of the molecule is CC(C)[C@@H]1CC[C@H](C)C[C@H]1OC[C@H](O)C[NH+]1CCN(c2ccccc2)CC1. The Morgan fingerprint density at radius 3 is 2.52 bits per heavy atom. The van der Waals surface area contributed by atoms with Crippen molar-refractivity contribution in [3.05, 3.63) is 30.3 Å². The molecule has 1 aliphatic heterocycles. The van der Waals surface area contributed by atoms with Crippen LogP contribution in [0.4, 0.5) is 5.69 Å². The van der Waals surface area contributed by atoms with Crippen LogP contribution in [0.15, 0.2) is 30.3 Å². The Kier molecular flexibility index (Phi) is 7.57. The van der Waals surface area contributed by atoms with E-state index in [1.54, 1.807) is 0 Å². The fourth-order valence-electron chi connectivity index (χ4n) is 4.86. The number of anilines is 1. The van der Waals surface area contributed by atoms with E-state index in [0.717, 1.165) is 45.1 Å². The van der Waals surface area contributed by atoms with Gasteiger partial charge in [0.1, 0.15) is 12.6 Å². The summed E-state index contributed by atoms with van der Waals surface area (Å²) in [4.78, 5) is 3.94. The quantitative estimate of drug-likeness (QED) is 0.767.